The molecule has 1 atom stereocenters. The molecule has 0 fully saturated rings. The van der Waals surface area contributed by atoms with Crippen LogP contribution in [0.25, 0.3) is 0 Å². The number of aryl methyl sites for hydroxylation is 1. The molecule has 1 aromatic carbocycles. The normalized spacial score (nSPS) is 12.0. The Morgan fingerprint density at radius 3 is 2.70 bits per heavy atom. The van der Waals surface area contributed by atoms with Crippen LogP contribution in [0, 0.1) is 6.92 Å². The van der Waals surface area contributed by atoms with Gasteiger partial charge >= 0.3 is 0 Å². The topological polar surface area (TPSA) is 54.4 Å². The molecule has 4 nitrogen and oxygen atoms in total. The smallest absolute Gasteiger partial charge is 0.132 e. The van der Waals surface area contributed by atoms with Crippen LogP contribution in [-0.2, 0) is 0 Å². The molecule has 1 unspecified atom stereocenters. The van der Waals surface area contributed by atoms with Gasteiger partial charge in [-0.2, -0.15) is 0 Å². The molecule has 0 aliphatic carbocycles. The van der Waals surface area contributed by atoms with E-state index in [1.165, 1.54) is 0 Å². The molecular formula is C15H17ClN2O2. The Morgan fingerprint density at radius 1 is 1.35 bits per heavy atom. The number of pyridine rings is 1. The predicted molar refractivity (Wildman–Crippen MR) is 80.7 cm³/mol. The minimum absolute atomic E-state index is 0.0664. The maximum absolute atomic E-state index is 10.0. The summed E-state index contributed by atoms with van der Waals surface area (Å²) < 4.78 is 5.07. The van der Waals surface area contributed by atoms with E-state index in [0.717, 1.165) is 16.8 Å². The molecule has 0 aliphatic rings. The molecule has 0 spiro atoms. The van der Waals surface area contributed by atoms with Crippen LogP contribution in [0.1, 0.15) is 24.1 Å². The highest BCUT2D eigenvalue weighted by Gasteiger charge is 2.12. The number of aromatic nitrogens is 1. The number of aromatic hydroxyl groups is 1. The minimum atomic E-state index is -0.0664. The molecule has 0 aliphatic heterocycles. The standard InChI is InChI=1S/C15H17ClN2O2/c1-9-6-11(8-17-15(9)16)18-10(2)13-5-4-12(20-3)7-14(13)19/h4-8,10,18-19H,1-3H3. The van der Waals surface area contributed by atoms with Gasteiger partial charge in [0.2, 0.25) is 0 Å². The Kier molecular flexibility index (Phi) is 4.35. The maximum Gasteiger partial charge on any atom is 0.132 e. The van der Waals surface area contributed by atoms with Crippen LogP contribution in [0.5, 0.6) is 11.5 Å². The maximum atomic E-state index is 10.0. The third-order valence-electron chi connectivity index (χ3n) is 3.10. The average molecular weight is 293 g/mol. The van der Waals surface area contributed by atoms with Crippen LogP contribution >= 0.6 is 11.6 Å². The molecule has 2 aromatic rings. The summed E-state index contributed by atoms with van der Waals surface area (Å²) in [5.74, 6) is 0.824. The van der Waals surface area contributed by atoms with Gasteiger partial charge in [-0.3, -0.25) is 0 Å². The first kappa shape index (κ1) is 14.5. The van der Waals surface area contributed by atoms with E-state index in [2.05, 4.69) is 10.3 Å². The summed E-state index contributed by atoms with van der Waals surface area (Å²) in [5.41, 5.74) is 2.55. The largest absolute Gasteiger partial charge is 0.507 e. The van der Waals surface area contributed by atoms with Crippen LogP contribution in [-0.4, -0.2) is 17.2 Å². The fourth-order valence-electron chi connectivity index (χ4n) is 1.98. The first-order valence-corrected chi connectivity index (χ1v) is 6.64. The minimum Gasteiger partial charge on any atom is -0.507 e. The third kappa shape index (κ3) is 3.14. The molecule has 5 heteroatoms. The van der Waals surface area contributed by atoms with Crippen molar-refractivity contribution in [2.75, 3.05) is 12.4 Å². The molecule has 0 radical (unpaired) electrons. The lowest BCUT2D eigenvalue weighted by Gasteiger charge is -2.17. The quantitative estimate of drug-likeness (QED) is 0.838. The highest BCUT2D eigenvalue weighted by Crippen LogP contribution is 2.30. The monoisotopic (exact) mass is 292 g/mol. The summed E-state index contributed by atoms with van der Waals surface area (Å²) in [6.07, 6.45) is 1.67. The fraction of sp³-hybridized carbons (Fsp3) is 0.267. The van der Waals surface area contributed by atoms with E-state index in [-0.39, 0.29) is 11.8 Å². The van der Waals surface area contributed by atoms with Crippen LogP contribution < -0.4 is 10.1 Å². The van der Waals surface area contributed by atoms with Gasteiger partial charge in [-0.15, -0.1) is 0 Å². The molecule has 0 bridgehead atoms. The summed E-state index contributed by atoms with van der Waals surface area (Å²) in [6.45, 7) is 3.86. The number of hydrogen-bond donors (Lipinski definition) is 2. The van der Waals surface area contributed by atoms with Crippen molar-refractivity contribution in [3.05, 3.63) is 46.7 Å². The molecular weight excluding hydrogens is 276 g/mol. The zero-order valence-corrected chi connectivity index (χ0v) is 12.4. The zero-order chi connectivity index (χ0) is 14.7. The van der Waals surface area contributed by atoms with Gasteiger partial charge in [0, 0.05) is 11.6 Å². The second-order valence-corrected chi connectivity index (χ2v) is 4.98. The van der Waals surface area contributed by atoms with E-state index in [1.807, 2.05) is 32.0 Å². The number of hydrogen-bond acceptors (Lipinski definition) is 4. The van der Waals surface area contributed by atoms with Gasteiger partial charge < -0.3 is 15.2 Å². The van der Waals surface area contributed by atoms with E-state index < -0.39 is 0 Å². The first-order valence-electron chi connectivity index (χ1n) is 6.27. The van der Waals surface area contributed by atoms with Crippen molar-refractivity contribution in [1.82, 2.24) is 4.98 Å². The number of anilines is 1. The number of rotatable bonds is 4. The van der Waals surface area contributed by atoms with E-state index in [0.29, 0.717) is 10.9 Å². The summed E-state index contributed by atoms with van der Waals surface area (Å²) in [4.78, 5) is 4.10. The van der Waals surface area contributed by atoms with Crippen molar-refractivity contribution in [2.45, 2.75) is 19.9 Å². The van der Waals surface area contributed by atoms with Crippen molar-refractivity contribution in [2.24, 2.45) is 0 Å². The van der Waals surface area contributed by atoms with Gasteiger partial charge in [-0.25, -0.2) is 4.98 Å². The SMILES string of the molecule is COc1ccc(C(C)Nc2cnc(Cl)c(C)c2)c(O)c1. The Labute approximate surface area is 123 Å². The van der Waals surface area contributed by atoms with Gasteiger partial charge in [-0.1, -0.05) is 11.6 Å². The number of benzene rings is 1. The van der Waals surface area contributed by atoms with Crippen LogP contribution in [0.2, 0.25) is 5.15 Å². The van der Waals surface area contributed by atoms with Crippen LogP contribution in [0.15, 0.2) is 30.5 Å². The number of phenols is 1. The van der Waals surface area contributed by atoms with Crippen molar-refractivity contribution < 1.29 is 9.84 Å². The Bertz CT molecular complexity index is 617. The lowest BCUT2D eigenvalue weighted by Crippen LogP contribution is -2.07. The zero-order valence-electron chi connectivity index (χ0n) is 11.6. The van der Waals surface area contributed by atoms with Gasteiger partial charge in [0.25, 0.3) is 0 Å². The summed E-state index contributed by atoms with van der Waals surface area (Å²) in [5, 5.41) is 13.8. The molecule has 106 valence electrons. The van der Waals surface area contributed by atoms with Crippen molar-refractivity contribution in [1.29, 1.82) is 0 Å². The molecule has 20 heavy (non-hydrogen) atoms. The molecule has 0 saturated carbocycles. The van der Waals surface area contributed by atoms with Gasteiger partial charge in [-0.05, 0) is 37.6 Å². The molecule has 1 aromatic heterocycles. The Morgan fingerprint density at radius 2 is 2.10 bits per heavy atom. The molecule has 2 N–H and O–H groups in total. The summed E-state index contributed by atoms with van der Waals surface area (Å²) in [6, 6.07) is 7.11. The predicted octanol–water partition coefficient (Wildman–Crippen LogP) is 3.93. The Balaban J connectivity index is 2.19. The van der Waals surface area contributed by atoms with Crippen LogP contribution in [0.4, 0.5) is 5.69 Å². The van der Waals surface area contributed by atoms with E-state index in [4.69, 9.17) is 16.3 Å². The number of nitrogens with one attached hydrogen (secondary N) is 1. The molecule has 0 amide bonds. The third-order valence-corrected chi connectivity index (χ3v) is 3.50. The molecule has 2 rings (SSSR count). The van der Waals surface area contributed by atoms with Crippen molar-refractivity contribution in [3.63, 3.8) is 0 Å². The number of methoxy groups -OCH3 is 1. The van der Waals surface area contributed by atoms with E-state index in [1.54, 1.807) is 19.4 Å². The van der Waals surface area contributed by atoms with Gasteiger partial charge in [0.1, 0.15) is 16.7 Å². The number of phenolic OH excluding ortho intramolecular Hbond substituents is 1. The second kappa shape index (κ2) is 6.01. The second-order valence-electron chi connectivity index (χ2n) is 4.62. The number of nitrogens with zero attached hydrogens (tertiary/aromatic N) is 1. The first-order chi connectivity index (χ1) is 9.51. The van der Waals surface area contributed by atoms with Gasteiger partial charge in [0.05, 0.1) is 25.0 Å². The lowest BCUT2D eigenvalue weighted by atomic mass is 10.1. The van der Waals surface area contributed by atoms with Gasteiger partial charge in [0.15, 0.2) is 0 Å². The fourth-order valence-corrected chi connectivity index (χ4v) is 2.08. The summed E-state index contributed by atoms with van der Waals surface area (Å²) in [7, 11) is 1.57. The van der Waals surface area contributed by atoms with E-state index >= 15 is 0 Å². The number of halogens is 1. The van der Waals surface area contributed by atoms with E-state index in [9.17, 15) is 5.11 Å². The molecule has 1 heterocycles. The van der Waals surface area contributed by atoms with Crippen molar-refractivity contribution in [3.8, 4) is 11.5 Å². The summed E-state index contributed by atoms with van der Waals surface area (Å²) >= 11 is 5.90. The highest BCUT2D eigenvalue weighted by atomic mass is 35.5. The molecule has 0 saturated heterocycles. The lowest BCUT2D eigenvalue weighted by molar-refractivity contribution is 0.406. The highest BCUT2D eigenvalue weighted by molar-refractivity contribution is 6.30. The van der Waals surface area contributed by atoms with Crippen molar-refractivity contribution >= 4 is 17.3 Å². The Hall–Kier alpha value is -1.94. The average Bonchev–Trinajstić information content (AvgIpc) is 2.42. The van der Waals surface area contributed by atoms with Crippen LogP contribution in [0.3, 0.4) is 0 Å². The number of ether oxygens (including phenoxy) is 1.